The third-order valence-electron chi connectivity index (χ3n) is 19.0. The zero-order valence-corrected chi connectivity index (χ0v) is 45.7. The van der Waals surface area contributed by atoms with E-state index in [2.05, 4.69) is 81.7 Å². The number of rotatable bonds is 33. The van der Waals surface area contributed by atoms with Crippen LogP contribution in [0.3, 0.4) is 0 Å². The molecule has 0 aromatic heterocycles. The first kappa shape index (κ1) is 56.3. The van der Waals surface area contributed by atoms with Crippen molar-refractivity contribution in [3.05, 3.63) is 36.0 Å². The number of fused-ring (bicyclic) bond motifs is 5. The fourth-order valence-electron chi connectivity index (χ4n) is 14.7. The van der Waals surface area contributed by atoms with Gasteiger partial charge in [-0.15, -0.1) is 0 Å². The normalized spacial score (nSPS) is 31.1. The Morgan fingerprint density at radius 3 is 2.15 bits per heavy atom. The lowest BCUT2D eigenvalue weighted by Gasteiger charge is -2.57. The molecule has 6 nitrogen and oxygen atoms in total. The van der Waals surface area contributed by atoms with Gasteiger partial charge in [-0.3, -0.25) is 0 Å². The van der Waals surface area contributed by atoms with E-state index in [0.717, 1.165) is 68.0 Å². The Balaban J connectivity index is 0.849. The van der Waals surface area contributed by atoms with Crippen LogP contribution in [0.4, 0.5) is 0 Å². The Morgan fingerprint density at radius 2 is 1.38 bits per heavy atom. The molecular weight excluding hydrogens is 837 g/mol. The summed E-state index contributed by atoms with van der Waals surface area (Å²) in [5, 5.41) is 0. The summed E-state index contributed by atoms with van der Waals surface area (Å²) in [5.41, 5.74) is 2.60. The molecule has 3 saturated carbocycles. The molecule has 2 aliphatic heterocycles. The lowest BCUT2D eigenvalue weighted by atomic mass is 9.48. The lowest BCUT2D eigenvalue weighted by Crippen LogP contribution is -2.50. The first-order chi connectivity index (χ1) is 33.1. The van der Waals surface area contributed by atoms with Crippen molar-refractivity contribution >= 4 is 0 Å². The number of allylic oxidation sites excluding steroid dienone is 5. The molecule has 2 saturated heterocycles. The highest BCUT2D eigenvalue weighted by atomic mass is 16.6. The van der Waals surface area contributed by atoms with E-state index in [4.69, 9.17) is 18.9 Å². The van der Waals surface area contributed by atoms with Gasteiger partial charge >= 0.3 is 0 Å². The molecule has 0 radical (unpaired) electrons. The number of nitrogens with zero attached hydrogens (tertiary/aromatic N) is 2. The van der Waals surface area contributed by atoms with Crippen LogP contribution in [-0.4, -0.2) is 99.9 Å². The van der Waals surface area contributed by atoms with Crippen molar-refractivity contribution in [2.75, 3.05) is 72.4 Å². The second-order valence-corrected chi connectivity index (χ2v) is 24.7. The summed E-state index contributed by atoms with van der Waals surface area (Å²) in [6, 6.07) is 0.775. The molecule has 5 unspecified atom stereocenters. The van der Waals surface area contributed by atoms with Gasteiger partial charge in [0.2, 0.25) is 0 Å². The molecule has 0 amide bonds. The maximum atomic E-state index is 6.74. The average molecular weight is 948 g/mol. The van der Waals surface area contributed by atoms with Crippen LogP contribution in [0, 0.1) is 40.4 Å². The van der Waals surface area contributed by atoms with Gasteiger partial charge in [-0.25, -0.2) is 0 Å². The van der Waals surface area contributed by atoms with Crippen LogP contribution in [0.25, 0.3) is 0 Å². The predicted molar refractivity (Wildman–Crippen MR) is 288 cm³/mol. The maximum absolute atomic E-state index is 6.74. The summed E-state index contributed by atoms with van der Waals surface area (Å²) in [4.78, 5) is 5.43. The van der Waals surface area contributed by atoms with E-state index < -0.39 is 0 Å². The molecule has 0 spiro atoms. The molecule has 6 aliphatic rings. The van der Waals surface area contributed by atoms with E-state index in [9.17, 15) is 0 Å². The van der Waals surface area contributed by atoms with Crippen LogP contribution >= 0.6 is 0 Å². The lowest BCUT2D eigenvalue weighted by molar-refractivity contribution is -0.101. The second-order valence-electron chi connectivity index (χ2n) is 24.7. The molecule has 0 N–H and O–H groups in total. The summed E-state index contributed by atoms with van der Waals surface area (Å²) in [5.74, 6) is 4.55. The van der Waals surface area contributed by atoms with E-state index in [0.29, 0.717) is 43.9 Å². The fourth-order valence-corrected chi connectivity index (χ4v) is 14.7. The molecule has 4 aliphatic carbocycles. The average Bonchev–Trinajstić information content (AvgIpc) is 3.69. The Labute approximate surface area is 421 Å². The second kappa shape index (κ2) is 30.2. The first-order valence-electron chi connectivity index (χ1n) is 30.0. The minimum atomic E-state index is -0.0801. The SMILES string of the molecule is CCCCCC=CCC=CCCCCCCCCOCC(CN1CCC(N2CCCCC2)CC1)OCCOCCO[C@@]1(C)CC[C@@]2(C)C(=CCC3C4CC[C@](C)(CCCCC(C)C)C4CCC32)C1. The predicted octanol–water partition coefficient (Wildman–Crippen LogP) is 15.7. The third-order valence-corrected chi connectivity index (χ3v) is 19.0. The Kier molecular flexibility index (Phi) is 25.0. The Bertz CT molecular complexity index is 1450. The Morgan fingerprint density at radius 1 is 0.662 bits per heavy atom. The van der Waals surface area contributed by atoms with Crippen molar-refractivity contribution < 1.29 is 18.9 Å². The first-order valence-corrected chi connectivity index (χ1v) is 30.0. The number of hydrogen-bond acceptors (Lipinski definition) is 6. The van der Waals surface area contributed by atoms with Gasteiger partial charge in [-0.1, -0.05) is 135 Å². The minimum Gasteiger partial charge on any atom is -0.379 e. The van der Waals surface area contributed by atoms with Crippen molar-refractivity contribution in [1.29, 1.82) is 0 Å². The molecule has 5 fully saturated rings. The van der Waals surface area contributed by atoms with Crippen molar-refractivity contribution in [3.63, 3.8) is 0 Å². The van der Waals surface area contributed by atoms with Crippen molar-refractivity contribution in [2.45, 2.75) is 245 Å². The van der Waals surface area contributed by atoms with Crippen LogP contribution in [-0.2, 0) is 18.9 Å². The number of likely N-dealkylation sites (tertiary alicyclic amines) is 2. The summed E-state index contributed by atoms with van der Waals surface area (Å²) in [7, 11) is 0. The van der Waals surface area contributed by atoms with Crippen LogP contribution in [0.15, 0.2) is 36.0 Å². The van der Waals surface area contributed by atoms with Crippen LogP contribution < -0.4 is 0 Å². The molecule has 2 heterocycles. The number of hydrogen-bond donors (Lipinski definition) is 0. The molecule has 0 bridgehead atoms. The van der Waals surface area contributed by atoms with E-state index >= 15 is 0 Å². The summed E-state index contributed by atoms with van der Waals surface area (Å²) in [6.45, 7) is 24.8. The van der Waals surface area contributed by atoms with Gasteiger partial charge < -0.3 is 28.7 Å². The minimum absolute atomic E-state index is 0.0801. The van der Waals surface area contributed by atoms with Crippen molar-refractivity contribution in [3.8, 4) is 0 Å². The quantitative estimate of drug-likeness (QED) is 0.0482. The van der Waals surface area contributed by atoms with Gasteiger partial charge in [0, 0.05) is 19.2 Å². The monoisotopic (exact) mass is 947 g/mol. The summed E-state index contributed by atoms with van der Waals surface area (Å²) in [6.07, 6.45) is 50.8. The standard InChI is InChI=1S/C62H110N2O4/c1-7-8-9-10-11-12-13-14-15-16-17-18-19-20-21-27-44-66-51-55(50-63-42-34-54(35-43-63)64-40-25-22-26-41-64)67-47-45-65-46-48-68-61(5)38-39-62(6)53(49-61)29-30-56-57-33-37-60(4,36-24-23-28-52(2)3)58(57)31-32-59(56)62/h11-12,14-15,29,52,54-59H,7-10,13,16-28,30-51H2,1-6H3/t55?,56?,57?,58?,59?,60-,61-,62-/m0/s1. The number of piperidine rings is 2. The van der Waals surface area contributed by atoms with Gasteiger partial charge in [-0.2, -0.15) is 0 Å². The highest BCUT2D eigenvalue weighted by Crippen LogP contribution is 2.66. The van der Waals surface area contributed by atoms with E-state index in [1.807, 2.05) is 0 Å². The molecule has 68 heavy (non-hydrogen) atoms. The van der Waals surface area contributed by atoms with E-state index in [-0.39, 0.29) is 11.7 Å². The summed E-state index contributed by atoms with van der Waals surface area (Å²) >= 11 is 0. The van der Waals surface area contributed by atoms with Gasteiger partial charge in [-0.05, 0) is 196 Å². The highest BCUT2D eigenvalue weighted by molar-refractivity contribution is 5.26. The topological polar surface area (TPSA) is 43.4 Å². The van der Waals surface area contributed by atoms with Crippen LogP contribution in [0.2, 0.25) is 0 Å². The third kappa shape index (κ3) is 17.9. The van der Waals surface area contributed by atoms with Crippen molar-refractivity contribution in [1.82, 2.24) is 9.80 Å². The summed E-state index contributed by atoms with van der Waals surface area (Å²) < 4.78 is 25.8. The fraction of sp³-hybridized carbons (Fsp3) is 0.903. The Hall–Kier alpha value is -1.02. The number of unbranched alkanes of at least 4 members (excludes halogenated alkanes) is 10. The van der Waals surface area contributed by atoms with Gasteiger partial charge in [0.1, 0.15) is 0 Å². The zero-order chi connectivity index (χ0) is 47.9. The largest absolute Gasteiger partial charge is 0.379 e. The molecule has 8 atom stereocenters. The van der Waals surface area contributed by atoms with Gasteiger partial charge in [0.05, 0.1) is 44.7 Å². The molecule has 392 valence electrons. The van der Waals surface area contributed by atoms with Crippen LogP contribution in [0.1, 0.15) is 228 Å². The molecular formula is C62H110N2O4. The maximum Gasteiger partial charge on any atom is 0.0936 e. The smallest absolute Gasteiger partial charge is 0.0936 e. The molecule has 0 aromatic carbocycles. The van der Waals surface area contributed by atoms with Gasteiger partial charge in [0.15, 0.2) is 0 Å². The van der Waals surface area contributed by atoms with Crippen molar-refractivity contribution in [2.24, 2.45) is 40.4 Å². The zero-order valence-electron chi connectivity index (χ0n) is 45.7. The highest BCUT2D eigenvalue weighted by Gasteiger charge is 2.57. The molecule has 0 aromatic rings. The molecule has 6 heteroatoms. The molecule has 6 rings (SSSR count). The van der Waals surface area contributed by atoms with Crippen LogP contribution in [0.5, 0.6) is 0 Å². The van der Waals surface area contributed by atoms with E-state index in [1.165, 1.54) is 193 Å². The van der Waals surface area contributed by atoms with Gasteiger partial charge in [0.25, 0.3) is 0 Å². The number of ether oxygens (including phenoxy) is 4. The van der Waals surface area contributed by atoms with E-state index in [1.54, 1.807) is 5.57 Å².